The number of benzene rings is 1. The molecule has 1 aromatic heterocycles. The highest BCUT2D eigenvalue weighted by atomic mass is 16.6. The predicted molar refractivity (Wildman–Crippen MR) is 57.4 cm³/mol. The molecule has 6 nitrogen and oxygen atoms in total. The Labute approximate surface area is 91.7 Å². The molecule has 0 aliphatic carbocycles. The first-order chi connectivity index (χ1) is 7.70. The summed E-state index contributed by atoms with van der Waals surface area (Å²) in [6.45, 7) is 1.99. The molecule has 0 aliphatic heterocycles. The highest BCUT2D eigenvalue weighted by Crippen LogP contribution is 2.14. The van der Waals surface area contributed by atoms with Crippen molar-refractivity contribution in [3.63, 3.8) is 0 Å². The van der Waals surface area contributed by atoms with Crippen molar-refractivity contribution in [2.45, 2.75) is 13.3 Å². The van der Waals surface area contributed by atoms with Crippen molar-refractivity contribution in [2.24, 2.45) is 0 Å². The minimum Gasteiger partial charge on any atom is -0.258 e. The van der Waals surface area contributed by atoms with E-state index in [4.69, 9.17) is 0 Å². The SMILES string of the molecule is CCc1cn(-c2ccc([N+](=O)[O-])cc2)nn1. The van der Waals surface area contributed by atoms with E-state index in [2.05, 4.69) is 10.3 Å². The zero-order chi connectivity index (χ0) is 11.5. The maximum absolute atomic E-state index is 10.5. The number of hydrogen-bond acceptors (Lipinski definition) is 4. The second kappa shape index (κ2) is 4.09. The Morgan fingerprint density at radius 3 is 2.56 bits per heavy atom. The van der Waals surface area contributed by atoms with Gasteiger partial charge in [-0.05, 0) is 18.6 Å². The van der Waals surface area contributed by atoms with E-state index in [1.54, 1.807) is 23.0 Å². The second-order valence-corrected chi connectivity index (χ2v) is 3.28. The van der Waals surface area contributed by atoms with Crippen molar-refractivity contribution in [3.8, 4) is 5.69 Å². The lowest BCUT2D eigenvalue weighted by molar-refractivity contribution is -0.384. The fourth-order valence-electron chi connectivity index (χ4n) is 1.31. The largest absolute Gasteiger partial charge is 0.269 e. The number of nitrogens with zero attached hydrogens (tertiary/aromatic N) is 4. The summed E-state index contributed by atoms with van der Waals surface area (Å²) in [5.41, 5.74) is 1.72. The summed E-state index contributed by atoms with van der Waals surface area (Å²) in [5, 5.41) is 18.3. The van der Waals surface area contributed by atoms with Crippen molar-refractivity contribution >= 4 is 5.69 Å². The van der Waals surface area contributed by atoms with Crippen molar-refractivity contribution in [2.75, 3.05) is 0 Å². The van der Waals surface area contributed by atoms with Crippen LogP contribution in [0.3, 0.4) is 0 Å². The standard InChI is InChI=1S/C10H10N4O2/c1-2-8-7-13(12-11-8)9-3-5-10(6-4-9)14(15)16/h3-7H,2H2,1H3. The molecule has 6 heteroatoms. The molecular formula is C10H10N4O2. The Morgan fingerprint density at radius 2 is 2.06 bits per heavy atom. The lowest BCUT2D eigenvalue weighted by atomic mass is 10.3. The van der Waals surface area contributed by atoms with Crippen LogP contribution in [0.4, 0.5) is 5.69 Å². The second-order valence-electron chi connectivity index (χ2n) is 3.28. The van der Waals surface area contributed by atoms with Crippen molar-refractivity contribution < 1.29 is 4.92 Å². The van der Waals surface area contributed by atoms with Gasteiger partial charge in [-0.1, -0.05) is 12.1 Å². The molecule has 0 bridgehead atoms. The minimum absolute atomic E-state index is 0.0691. The number of nitro groups is 1. The van der Waals surface area contributed by atoms with E-state index >= 15 is 0 Å². The number of hydrogen-bond donors (Lipinski definition) is 0. The molecule has 0 radical (unpaired) electrons. The van der Waals surface area contributed by atoms with Crippen LogP contribution in [0.1, 0.15) is 12.6 Å². The molecule has 0 spiro atoms. The zero-order valence-electron chi connectivity index (χ0n) is 8.70. The normalized spacial score (nSPS) is 10.3. The number of nitro benzene ring substituents is 1. The van der Waals surface area contributed by atoms with Gasteiger partial charge in [-0.15, -0.1) is 5.10 Å². The van der Waals surface area contributed by atoms with Crippen LogP contribution in [0, 0.1) is 10.1 Å². The predicted octanol–water partition coefficient (Wildman–Crippen LogP) is 1.74. The molecule has 82 valence electrons. The van der Waals surface area contributed by atoms with Gasteiger partial charge in [0.15, 0.2) is 0 Å². The first-order valence-corrected chi connectivity index (χ1v) is 4.86. The molecule has 0 amide bonds. The van der Waals surface area contributed by atoms with Crippen LogP contribution < -0.4 is 0 Å². The summed E-state index contributed by atoms with van der Waals surface area (Å²) in [7, 11) is 0. The Balaban J connectivity index is 2.30. The van der Waals surface area contributed by atoms with Crippen LogP contribution in [-0.2, 0) is 6.42 Å². The Bertz CT molecular complexity index is 504. The fourth-order valence-corrected chi connectivity index (χ4v) is 1.31. The van der Waals surface area contributed by atoms with E-state index in [-0.39, 0.29) is 5.69 Å². The first kappa shape index (κ1) is 10.3. The molecule has 0 saturated carbocycles. The number of aryl methyl sites for hydroxylation is 1. The summed E-state index contributed by atoms with van der Waals surface area (Å²) in [6, 6.07) is 6.18. The molecule has 1 heterocycles. The Kier molecular flexibility index (Phi) is 2.63. The molecule has 2 rings (SSSR count). The van der Waals surface area contributed by atoms with Gasteiger partial charge in [-0.3, -0.25) is 10.1 Å². The van der Waals surface area contributed by atoms with E-state index in [1.165, 1.54) is 12.1 Å². The van der Waals surface area contributed by atoms with Gasteiger partial charge in [-0.2, -0.15) is 0 Å². The van der Waals surface area contributed by atoms with E-state index in [0.717, 1.165) is 17.8 Å². The lowest BCUT2D eigenvalue weighted by Crippen LogP contribution is -1.95. The van der Waals surface area contributed by atoms with Gasteiger partial charge in [0.2, 0.25) is 0 Å². The van der Waals surface area contributed by atoms with E-state index < -0.39 is 4.92 Å². The molecule has 0 atom stereocenters. The summed E-state index contributed by atoms with van der Waals surface area (Å²) >= 11 is 0. The van der Waals surface area contributed by atoms with Gasteiger partial charge >= 0.3 is 0 Å². The van der Waals surface area contributed by atoms with Crippen LogP contribution in [-0.4, -0.2) is 19.9 Å². The quantitative estimate of drug-likeness (QED) is 0.581. The molecule has 16 heavy (non-hydrogen) atoms. The Morgan fingerprint density at radius 1 is 1.38 bits per heavy atom. The average Bonchev–Trinajstić information content (AvgIpc) is 2.77. The highest BCUT2D eigenvalue weighted by molar-refractivity contribution is 5.40. The number of aromatic nitrogens is 3. The number of rotatable bonds is 3. The van der Waals surface area contributed by atoms with Gasteiger partial charge < -0.3 is 0 Å². The molecule has 2 aromatic rings. The smallest absolute Gasteiger partial charge is 0.258 e. The summed E-state index contributed by atoms with van der Waals surface area (Å²) in [4.78, 5) is 10.0. The molecule has 0 aliphatic rings. The lowest BCUT2D eigenvalue weighted by Gasteiger charge is -1.98. The van der Waals surface area contributed by atoms with Crippen LogP contribution in [0.25, 0.3) is 5.69 Å². The first-order valence-electron chi connectivity index (χ1n) is 4.86. The van der Waals surface area contributed by atoms with Gasteiger partial charge in [0.25, 0.3) is 5.69 Å². The molecule has 0 unspecified atom stereocenters. The maximum atomic E-state index is 10.5. The maximum Gasteiger partial charge on any atom is 0.269 e. The van der Waals surface area contributed by atoms with Crippen LogP contribution in [0.5, 0.6) is 0 Å². The van der Waals surface area contributed by atoms with Crippen molar-refractivity contribution in [1.82, 2.24) is 15.0 Å². The third kappa shape index (κ3) is 1.90. The van der Waals surface area contributed by atoms with Crippen molar-refractivity contribution in [1.29, 1.82) is 0 Å². The fraction of sp³-hybridized carbons (Fsp3) is 0.200. The molecule has 1 aromatic carbocycles. The average molecular weight is 218 g/mol. The van der Waals surface area contributed by atoms with Gasteiger partial charge in [0.1, 0.15) is 0 Å². The van der Waals surface area contributed by atoms with E-state index in [0.29, 0.717) is 0 Å². The number of non-ortho nitro benzene ring substituents is 1. The molecular weight excluding hydrogens is 208 g/mol. The van der Waals surface area contributed by atoms with E-state index in [9.17, 15) is 10.1 Å². The zero-order valence-corrected chi connectivity index (χ0v) is 8.70. The van der Waals surface area contributed by atoms with Gasteiger partial charge in [-0.25, -0.2) is 4.68 Å². The third-order valence-corrected chi connectivity index (χ3v) is 2.23. The van der Waals surface area contributed by atoms with Crippen LogP contribution in [0.15, 0.2) is 30.5 Å². The molecule has 0 saturated heterocycles. The summed E-state index contributed by atoms with van der Waals surface area (Å²) < 4.78 is 1.60. The molecule has 0 N–H and O–H groups in total. The van der Waals surface area contributed by atoms with Crippen LogP contribution in [0.2, 0.25) is 0 Å². The summed E-state index contributed by atoms with van der Waals surface area (Å²) in [5.74, 6) is 0. The van der Waals surface area contributed by atoms with Gasteiger partial charge in [0.05, 0.1) is 22.5 Å². The van der Waals surface area contributed by atoms with Crippen molar-refractivity contribution in [3.05, 3.63) is 46.3 Å². The van der Waals surface area contributed by atoms with E-state index in [1.807, 2.05) is 6.92 Å². The third-order valence-electron chi connectivity index (χ3n) is 2.23. The highest BCUT2D eigenvalue weighted by Gasteiger charge is 2.06. The summed E-state index contributed by atoms with van der Waals surface area (Å²) in [6.07, 6.45) is 2.62. The van der Waals surface area contributed by atoms with Crippen LogP contribution >= 0.6 is 0 Å². The van der Waals surface area contributed by atoms with Gasteiger partial charge in [0, 0.05) is 12.1 Å². The minimum atomic E-state index is -0.428. The topological polar surface area (TPSA) is 73.8 Å². The molecule has 0 fully saturated rings. The Hall–Kier alpha value is -2.24. The monoisotopic (exact) mass is 218 g/mol.